The molecule has 0 bridgehead atoms. The third-order valence-corrected chi connectivity index (χ3v) is 3.48. The normalized spacial score (nSPS) is 19.9. The number of hydrogen-bond donors (Lipinski definition) is 1. The van der Waals surface area contributed by atoms with Crippen LogP contribution in [0.1, 0.15) is 30.2 Å². The number of nitrogens with zero attached hydrogens (tertiary/aromatic N) is 2. The summed E-state index contributed by atoms with van der Waals surface area (Å²) in [6.07, 6.45) is 0. The van der Waals surface area contributed by atoms with Gasteiger partial charge in [0, 0.05) is 32.6 Å². The Labute approximate surface area is 118 Å². The van der Waals surface area contributed by atoms with Crippen LogP contribution in [0.25, 0.3) is 0 Å². The summed E-state index contributed by atoms with van der Waals surface area (Å²) in [5.41, 5.74) is 0. The first-order chi connectivity index (χ1) is 9.47. The predicted octanol–water partition coefficient (Wildman–Crippen LogP) is 0.692. The lowest BCUT2D eigenvalue weighted by molar-refractivity contribution is -0.119. The van der Waals surface area contributed by atoms with Crippen LogP contribution in [0.2, 0.25) is 0 Å². The van der Waals surface area contributed by atoms with Crippen molar-refractivity contribution in [3.8, 4) is 0 Å². The first kappa shape index (κ1) is 14.6. The van der Waals surface area contributed by atoms with Crippen molar-refractivity contribution in [2.75, 3.05) is 26.7 Å². The van der Waals surface area contributed by atoms with Gasteiger partial charge < -0.3 is 19.5 Å². The summed E-state index contributed by atoms with van der Waals surface area (Å²) < 4.78 is 5.50. The topological polar surface area (TPSA) is 65.8 Å². The van der Waals surface area contributed by atoms with Crippen LogP contribution in [0.15, 0.2) is 16.5 Å². The van der Waals surface area contributed by atoms with Gasteiger partial charge in [-0.15, -0.1) is 0 Å². The van der Waals surface area contributed by atoms with Crippen LogP contribution in [0, 0.1) is 0 Å². The molecule has 0 aromatic carbocycles. The Bertz CT molecular complexity index is 498. The van der Waals surface area contributed by atoms with Gasteiger partial charge in [0.25, 0.3) is 5.91 Å². The fraction of sp³-hybridized carbons (Fsp3) is 0.571. The maximum Gasteiger partial charge on any atom is 0.289 e. The van der Waals surface area contributed by atoms with Gasteiger partial charge in [-0.1, -0.05) is 0 Å². The molecule has 1 aliphatic heterocycles. The number of hydrogen-bond acceptors (Lipinski definition) is 4. The van der Waals surface area contributed by atoms with Crippen molar-refractivity contribution in [3.63, 3.8) is 0 Å². The first-order valence-electron chi connectivity index (χ1n) is 6.80. The number of likely N-dealkylation sites (N-methyl/N-ethyl adjacent to an activating group) is 1. The van der Waals surface area contributed by atoms with Crippen molar-refractivity contribution < 1.29 is 14.0 Å². The van der Waals surface area contributed by atoms with Gasteiger partial charge in [-0.05, 0) is 26.1 Å². The molecule has 2 heterocycles. The van der Waals surface area contributed by atoms with Crippen molar-refractivity contribution in [2.24, 2.45) is 0 Å². The lowest BCUT2D eigenvalue weighted by Crippen LogP contribution is -2.52. The van der Waals surface area contributed by atoms with E-state index in [-0.39, 0.29) is 17.9 Å². The molecule has 6 heteroatoms. The van der Waals surface area contributed by atoms with E-state index in [1.165, 1.54) is 6.92 Å². The third kappa shape index (κ3) is 3.39. The zero-order valence-corrected chi connectivity index (χ0v) is 12.2. The fourth-order valence-electron chi connectivity index (χ4n) is 2.38. The summed E-state index contributed by atoms with van der Waals surface area (Å²) >= 11 is 0. The van der Waals surface area contributed by atoms with Crippen molar-refractivity contribution in [3.05, 3.63) is 23.7 Å². The molecule has 1 atom stereocenters. The molecule has 0 aliphatic carbocycles. The number of nitrogens with one attached hydrogen (secondary N) is 1. The smallest absolute Gasteiger partial charge is 0.289 e. The summed E-state index contributed by atoms with van der Waals surface area (Å²) in [4.78, 5) is 27.3. The highest BCUT2D eigenvalue weighted by Crippen LogP contribution is 2.15. The Morgan fingerprint density at radius 2 is 2.15 bits per heavy atom. The lowest BCUT2D eigenvalue weighted by atomic mass is 10.2. The van der Waals surface area contributed by atoms with Gasteiger partial charge in [0.05, 0.1) is 6.54 Å². The van der Waals surface area contributed by atoms with E-state index in [0.717, 1.165) is 13.1 Å². The van der Waals surface area contributed by atoms with Crippen LogP contribution in [-0.2, 0) is 11.3 Å². The molecule has 20 heavy (non-hydrogen) atoms. The molecule has 1 N–H and O–H groups in total. The van der Waals surface area contributed by atoms with Crippen LogP contribution in [0.3, 0.4) is 0 Å². The molecule has 1 fully saturated rings. The lowest BCUT2D eigenvalue weighted by Gasteiger charge is -2.37. The van der Waals surface area contributed by atoms with Crippen LogP contribution in [0.5, 0.6) is 0 Å². The maximum atomic E-state index is 12.4. The van der Waals surface area contributed by atoms with E-state index < -0.39 is 0 Å². The summed E-state index contributed by atoms with van der Waals surface area (Å²) in [5, 5.41) is 2.64. The number of piperazine rings is 1. The van der Waals surface area contributed by atoms with Gasteiger partial charge in [0.15, 0.2) is 5.76 Å². The molecule has 1 aromatic heterocycles. The number of furan rings is 1. The molecule has 110 valence electrons. The van der Waals surface area contributed by atoms with Gasteiger partial charge in [0.1, 0.15) is 5.76 Å². The van der Waals surface area contributed by atoms with Crippen LogP contribution < -0.4 is 5.32 Å². The van der Waals surface area contributed by atoms with Gasteiger partial charge in [-0.25, -0.2) is 0 Å². The Morgan fingerprint density at radius 3 is 2.80 bits per heavy atom. The van der Waals surface area contributed by atoms with E-state index in [2.05, 4.69) is 17.3 Å². The molecule has 2 amide bonds. The molecule has 1 saturated heterocycles. The van der Waals surface area contributed by atoms with Gasteiger partial charge in [-0.2, -0.15) is 0 Å². The quantitative estimate of drug-likeness (QED) is 0.884. The Kier molecular flexibility index (Phi) is 4.44. The summed E-state index contributed by atoms with van der Waals surface area (Å²) in [7, 11) is 2.05. The Morgan fingerprint density at radius 1 is 1.40 bits per heavy atom. The Hall–Kier alpha value is -1.82. The number of rotatable bonds is 3. The molecule has 0 unspecified atom stereocenters. The van der Waals surface area contributed by atoms with Crippen LogP contribution in [-0.4, -0.2) is 54.3 Å². The monoisotopic (exact) mass is 279 g/mol. The second-order valence-corrected chi connectivity index (χ2v) is 5.29. The van der Waals surface area contributed by atoms with Crippen molar-refractivity contribution in [1.29, 1.82) is 0 Å². The number of carbonyl (C=O) groups is 2. The van der Waals surface area contributed by atoms with Crippen molar-refractivity contribution in [2.45, 2.75) is 26.4 Å². The molecule has 0 saturated carbocycles. The second kappa shape index (κ2) is 6.09. The highest BCUT2D eigenvalue weighted by atomic mass is 16.4. The van der Waals surface area contributed by atoms with Gasteiger partial charge in [-0.3, -0.25) is 9.59 Å². The largest absolute Gasteiger partial charge is 0.454 e. The minimum absolute atomic E-state index is 0.0836. The molecule has 1 aliphatic rings. The van der Waals surface area contributed by atoms with E-state index in [9.17, 15) is 9.59 Å². The molecule has 0 radical (unpaired) electrons. The predicted molar refractivity (Wildman–Crippen MR) is 74.2 cm³/mol. The number of amides is 2. The zero-order valence-electron chi connectivity index (χ0n) is 12.2. The minimum atomic E-state index is -0.123. The third-order valence-electron chi connectivity index (χ3n) is 3.48. The SMILES string of the molecule is CC(=O)NCc1ccc(C(=O)N2CCN(C)C[C@@H]2C)o1. The fourth-order valence-corrected chi connectivity index (χ4v) is 2.38. The second-order valence-electron chi connectivity index (χ2n) is 5.29. The molecule has 1 aromatic rings. The van der Waals surface area contributed by atoms with E-state index in [4.69, 9.17) is 4.42 Å². The highest BCUT2D eigenvalue weighted by Gasteiger charge is 2.28. The number of carbonyl (C=O) groups excluding carboxylic acids is 2. The molecular formula is C14H21N3O3. The van der Waals surface area contributed by atoms with E-state index in [1.807, 2.05) is 11.8 Å². The summed E-state index contributed by atoms with van der Waals surface area (Å²) in [6.45, 7) is 6.23. The molecule has 0 spiro atoms. The minimum Gasteiger partial charge on any atom is -0.454 e. The molecule has 6 nitrogen and oxygen atoms in total. The summed E-state index contributed by atoms with van der Waals surface area (Å²) in [5.74, 6) is 0.716. The molecular weight excluding hydrogens is 258 g/mol. The van der Waals surface area contributed by atoms with Crippen molar-refractivity contribution >= 4 is 11.8 Å². The average Bonchev–Trinajstić information content (AvgIpc) is 2.84. The average molecular weight is 279 g/mol. The zero-order chi connectivity index (χ0) is 14.7. The van der Waals surface area contributed by atoms with Gasteiger partial charge >= 0.3 is 0 Å². The van der Waals surface area contributed by atoms with Gasteiger partial charge in [0.2, 0.25) is 5.91 Å². The van der Waals surface area contributed by atoms with E-state index in [1.54, 1.807) is 12.1 Å². The maximum absolute atomic E-state index is 12.4. The highest BCUT2D eigenvalue weighted by molar-refractivity contribution is 5.91. The molecule has 2 rings (SSSR count). The van der Waals surface area contributed by atoms with E-state index >= 15 is 0 Å². The standard InChI is InChI=1S/C14H21N3O3/c1-10-9-16(3)6-7-17(10)14(19)13-5-4-12(20-13)8-15-11(2)18/h4-5,10H,6-9H2,1-3H3,(H,15,18)/t10-/m0/s1. The first-order valence-corrected chi connectivity index (χ1v) is 6.80. The van der Waals surface area contributed by atoms with Crippen LogP contribution in [0.4, 0.5) is 0 Å². The summed E-state index contributed by atoms with van der Waals surface area (Å²) in [6, 6.07) is 3.57. The van der Waals surface area contributed by atoms with E-state index in [0.29, 0.717) is 24.6 Å². The van der Waals surface area contributed by atoms with Crippen molar-refractivity contribution in [1.82, 2.24) is 15.1 Å². The Balaban J connectivity index is 2.00. The van der Waals surface area contributed by atoms with Crippen LogP contribution >= 0.6 is 0 Å².